The molecule has 0 bridgehead atoms. The van der Waals surface area contributed by atoms with Crippen LogP contribution in [0.5, 0.6) is 0 Å². The van der Waals surface area contributed by atoms with Gasteiger partial charge in [-0.1, -0.05) is 6.92 Å². The van der Waals surface area contributed by atoms with Crippen LogP contribution in [0, 0.1) is 0 Å². The van der Waals surface area contributed by atoms with Crippen LogP contribution in [0.25, 0.3) is 0 Å². The average Bonchev–Trinajstić information content (AvgIpc) is 2.22. The maximum absolute atomic E-state index is 11.6. The van der Waals surface area contributed by atoms with E-state index in [0.29, 0.717) is 18.7 Å². The minimum absolute atomic E-state index is 0.181. The summed E-state index contributed by atoms with van der Waals surface area (Å²) in [7, 11) is 0. The fourth-order valence-corrected chi connectivity index (χ4v) is 1.88. The van der Waals surface area contributed by atoms with Gasteiger partial charge in [-0.05, 0) is 6.42 Å². The van der Waals surface area contributed by atoms with Crippen LogP contribution in [0.2, 0.25) is 0 Å². The van der Waals surface area contributed by atoms with Crippen LogP contribution < -0.4 is 5.73 Å². The zero-order chi connectivity index (χ0) is 13.3. The van der Waals surface area contributed by atoms with E-state index < -0.39 is 11.9 Å². The summed E-state index contributed by atoms with van der Waals surface area (Å²) in [4.78, 5) is 34.0. The van der Waals surface area contributed by atoms with Crippen LogP contribution in [-0.4, -0.2) is 52.4 Å². The first kappa shape index (κ1) is 15.8. The molecule has 0 spiro atoms. The number of carboxylic acid groups (broad SMARTS) is 1. The zero-order valence-electron chi connectivity index (χ0n) is 9.85. The molecule has 0 heterocycles. The Morgan fingerprint density at radius 1 is 1.35 bits per heavy atom. The quantitative estimate of drug-likeness (QED) is 0.566. The van der Waals surface area contributed by atoms with Crippen molar-refractivity contribution in [1.29, 1.82) is 0 Å². The van der Waals surface area contributed by atoms with E-state index >= 15 is 0 Å². The Kier molecular flexibility index (Phi) is 8.21. The van der Waals surface area contributed by atoms with Crippen molar-refractivity contribution in [3.8, 4) is 0 Å². The van der Waals surface area contributed by atoms with E-state index in [4.69, 9.17) is 10.8 Å². The van der Waals surface area contributed by atoms with Crippen LogP contribution >= 0.6 is 11.8 Å². The predicted molar refractivity (Wildman–Crippen MR) is 65.6 cm³/mol. The summed E-state index contributed by atoms with van der Waals surface area (Å²) in [6.07, 6.45) is 0.943. The summed E-state index contributed by atoms with van der Waals surface area (Å²) in [5, 5.41) is 8.64. The van der Waals surface area contributed by atoms with Crippen molar-refractivity contribution in [1.82, 2.24) is 4.90 Å². The molecule has 0 aromatic heterocycles. The van der Waals surface area contributed by atoms with Gasteiger partial charge in [0.2, 0.25) is 11.8 Å². The van der Waals surface area contributed by atoms with Gasteiger partial charge in [-0.15, -0.1) is 0 Å². The molecular weight excluding hydrogens is 244 g/mol. The number of nitrogens with zero attached hydrogens (tertiary/aromatic N) is 1. The molecule has 0 fully saturated rings. The summed E-state index contributed by atoms with van der Waals surface area (Å²) in [6.45, 7) is 2.04. The van der Waals surface area contributed by atoms with Crippen molar-refractivity contribution in [2.75, 3.05) is 24.6 Å². The van der Waals surface area contributed by atoms with Gasteiger partial charge in [-0.3, -0.25) is 14.4 Å². The first-order valence-corrected chi connectivity index (χ1v) is 6.48. The Morgan fingerprint density at radius 3 is 2.47 bits per heavy atom. The summed E-state index contributed by atoms with van der Waals surface area (Å²) in [5.41, 5.74) is 4.95. The van der Waals surface area contributed by atoms with E-state index in [1.165, 1.54) is 16.7 Å². The Balaban J connectivity index is 3.96. The van der Waals surface area contributed by atoms with E-state index in [1.807, 2.05) is 6.92 Å². The van der Waals surface area contributed by atoms with Crippen molar-refractivity contribution in [3.05, 3.63) is 0 Å². The average molecular weight is 262 g/mol. The lowest BCUT2D eigenvalue weighted by molar-refractivity contribution is -0.144. The third kappa shape index (κ3) is 8.56. The molecule has 3 N–H and O–H groups in total. The maximum Gasteiger partial charge on any atom is 0.323 e. The highest BCUT2D eigenvalue weighted by molar-refractivity contribution is 7.99. The van der Waals surface area contributed by atoms with Gasteiger partial charge in [0, 0.05) is 18.7 Å². The third-order valence-electron chi connectivity index (χ3n) is 1.88. The first-order valence-electron chi connectivity index (χ1n) is 5.33. The lowest BCUT2D eigenvalue weighted by atomic mass is 10.3. The van der Waals surface area contributed by atoms with Crippen LogP contribution in [0.4, 0.5) is 0 Å². The molecule has 0 atom stereocenters. The van der Waals surface area contributed by atoms with Gasteiger partial charge in [0.25, 0.3) is 0 Å². The standard InChI is InChI=1S/C10H18N2O4S/c1-2-4-12(6-10(15)16)9(14)3-5-17-7-8(11)13/h2-7H2,1H3,(H2,11,13)(H,15,16). The van der Waals surface area contributed by atoms with E-state index in [2.05, 4.69) is 0 Å². The smallest absolute Gasteiger partial charge is 0.323 e. The molecule has 0 saturated carbocycles. The fourth-order valence-electron chi connectivity index (χ4n) is 1.22. The van der Waals surface area contributed by atoms with Gasteiger partial charge in [0.15, 0.2) is 0 Å². The van der Waals surface area contributed by atoms with Crippen molar-refractivity contribution in [2.24, 2.45) is 5.73 Å². The molecule has 7 heteroatoms. The number of primary amides is 1. The number of hydrogen-bond donors (Lipinski definition) is 2. The second-order valence-electron chi connectivity index (χ2n) is 3.48. The lowest BCUT2D eigenvalue weighted by Gasteiger charge is -2.19. The van der Waals surface area contributed by atoms with Gasteiger partial charge in [-0.2, -0.15) is 11.8 Å². The Bertz CT molecular complexity index is 283. The van der Waals surface area contributed by atoms with Crippen molar-refractivity contribution in [2.45, 2.75) is 19.8 Å². The number of aliphatic carboxylic acids is 1. The highest BCUT2D eigenvalue weighted by Gasteiger charge is 2.15. The van der Waals surface area contributed by atoms with Gasteiger partial charge in [-0.25, -0.2) is 0 Å². The maximum atomic E-state index is 11.6. The molecule has 2 amide bonds. The van der Waals surface area contributed by atoms with Crippen molar-refractivity contribution in [3.63, 3.8) is 0 Å². The molecule has 0 saturated heterocycles. The number of amides is 2. The Hall–Kier alpha value is -1.24. The summed E-state index contributed by atoms with van der Waals surface area (Å²) in [5.74, 6) is -0.983. The van der Waals surface area contributed by atoms with Crippen molar-refractivity contribution < 1.29 is 19.5 Å². The number of rotatable bonds is 9. The minimum Gasteiger partial charge on any atom is -0.480 e. The molecule has 17 heavy (non-hydrogen) atoms. The fraction of sp³-hybridized carbons (Fsp3) is 0.700. The summed E-state index contributed by atoms with van der Waals surface area (Å²) in [6, 6.07) is 0. The van der Waals surface area contributed by atoms with E-state index in [0.717, 1.165) is 0 Å². The molecule has 0 aliphatic heterocycles. The second-order valence-corrected chi connectivity index (χ2v) is 4.58. The van der Waals surface area contributed by atoms with Gasteiger partial charge >= 0.3 is 5.97 Å². The molecule has 0 aromatic rings. The van der Waals surface area contributed by atoms with E-state index in [9.17, 15) is 14.4 Å². The number of carboxylic acids is 1. The highest BCUT2D eigenvalue weighted by atomic mass is 32.2. The second kappa shape index (κ2) is 8.86. The van der Waals surface area contributed by atoms with Gasteiger partial charge in [0.1, 0.15) is 6.54 Å². The molecular formula is C10H18N2O4S. The molecule has 0 aliphatic carbocycles. The number of hydrogen-bond acceptors (Lipinski definition) is 4. The van der Waals surface area contributed by atoms with Crippen LogP contribution in [-0.2, 0) is 14.4 Å². The zero-order valence-corrected chi connectivity index (χ0v) is 10.7. The highest BCUT2D eigenvalue weighted by Crippen LogP contribution is 2.04. The Labute approximate surface area is 105 Å². The topological polar surface area (TPSA) is 101 Å². The number of thioether (sulfide) groups is 1. The van der Waals surface area contributed by atoms with Gasteiger partial charge < -0.3 is 15.7 Å². The SMILES string of the molecule is CCCN(CC(=O)O)C(=O)CCSCC(N)=O. The van der Waals surface area contributed by atoms with Crippen LogP contribution in [0.1, 0.15) is 19.8 Å². The predicted octanol–water partition coefficient (Wildman–Crippen LogP) is -0.0818. The Morgan fingerprint density at radius 2 is 2.00 bits per heavy atom. The van der Waals surface area contributed by atoms with Crippen LogP contribution in [0.3, 0.4) is 0 Å². The lowest BCUT2D eigenvalue weighted by Crippen LogP contribution is -2.36. The number of nitrogens with two attached hydrogens (primary N) is 1. The normalized spacial score (nSPS) is 9.94. The van der Waals surface area contributed by atoms with E-state index in [-0.39, 0.29) is 24.6 Å². The van der Waals surface area contributed by atoms with Crippen LogP contribution in [0.15, 0.2) is 0 Å². The third-order valence-corrected chi connectivity index (χ3v) is 2.86. The molecule has 0 aliphatic rings. The molecule has 98 valence electrons. The van der Waals surface area contributed by atoms with Crippen molar-refractivity contribution >= 4 is 29.5 Å². The monoisotopic (exact) mass is 262 g/mol. The molecule has 6 nitrogen and oxygen atoms in total. The molecule has 0 aromatic carbocycles. The minimum atomic E-state index is -1.02. The number of carbonyl (C=O) groups is 3. The molecule has 0 rings (SSSR count). The summed E-state index contributed by atoms with van der Waals surface area (Å²) >= 11 is 1.27. The number of carbonyl (C=O) groups excluding carboxylic acids is 2. The van der Waals surface area contributed by atoms with Gasteiger partial charge in [0.05, 0.1) is 5.75 Å². The first-order chi connectivity index (χ1) is 7.97. The molecule has 0 radical (unpaired) electrons. The largest absolute Gasteiger partial charge is 0.480 e. The molecule has 0 unspecified atom stereocenters. The summed E-state index contributed by atoms with van der Waals surface area (Å²) < 4.78 is 0. The van der Waals surface area contributed by atoms with E-state index in [1.54, 1.807) is 0 Å².